The predicted molar refractivity (Wildman–Crippen MR) is 157 cm³/mol. The minimum Gasteiger partial charge on any atom is -0.508 e. The van der Waals surface area contributed by atoms with Gasteiger partial charge in [-0.25, -0.2) is 0 Å². The molecule has 1 aromatic carbocycles. The zero-order valence-corrected chi connectivity index (χ0v) is 24.7. The van der Waals surface area contributed by atoms with Crippen molar-refractivity contribution in [3.05, 3.63) is 34.1 Å². The zero-order valence-electron chi connectivity index (χ0n) is 24.7. The van der Waals surface area contributed by atoms with Crippen molar-refractivity contribution in [2.45, 2.75) is 56.2 Å². The number of nitrogens with zero attached hydrogens (tertiary/aromatic N) is 2. The Labute approximate surface area is 249 Å². The van der Waals surface area contributed by atoms with Crippen molar-refractivity contribution in [3.63, 3.8) is 0 Å². The summed E-state index contributed by atoms with van der Waals surface area (Å²) in [5.74, 6) is -7.65. The van der Waals surface area contributed by atoms with Crippen LogP contribution in [0.4, 0.5) is 11.4 Å². The van der Waals surface area contributed by atoms with Crippen molar-refractivity contribution < 1.29 is 39.6 Å². The van der Waals surface area contributed by atoms with Gasteiger partial charge in [-0.15, -0.1) is 0 Å². The Balaban J connectivity index is 1.60. The number of likely N-dealkylation sites (N-methyl/N-ethyl adjacent to an activating group) is 1. The number of aliphatic hydroxyl groups excluding tert-OH is 2. The molecule has 1 aromatic rings. The third-order valence-electron chi connectivity index (χ3n) is 9.36. The van der Waals surface area contributed by atoms with Crippen LogP contribution in [0.5, 0.6) is 5.75 Å². The van der Waals surface area contributed by atoms with Crippen molar-refractivity contribution in [1.29, 1.82) is 0 Å². The van der Waals surface area contributed by atoms with Crippen LogP contribution in [0.1, 0.15) is 43.2 Å². The fraction of sp³-hybridized carbons (Fsp3) is 0.533. The predicted octanol–water partition coefficient (Wildman–Crippen LogP) is 0.501. The fourth-order valence-corrected chi connectivity index (χ4v) is 7.35. The van der Waals surface area contributed by atoms with E-state index in [-0.39, 0.29) is 42.3 Å². The molecule has 232 valence electrons. The highest BCUT2D eigenvalue weighted by Crippen LogP contribution is 2.54. The van der Waals surface area contributed by atoms with Crippen LogP contribution in [-0.2, 0) is 25.6 Å². The van der Waals surface area contributed by atoms with E-state index in [1.807, 2.05) is 0 Å². The van der Waals surface area contributed by atoms with Gasteiger partial charge in [0.1, 0.15) is 22.8 Å². The van der Waals surface area contributed by atoms with E-state index < -0.39 is 69.7 Å². The molecule has 0 saturated heterocycles. The van der Waals surface area contributed by atoms with Gasteiger partial charge < -0.3 is 41.7 Å². The van der Waals surface area contributed by atoms with E-state index in [1.165, 1.54) is 4.90 Å². The Morgan fingerprint density at radius 1 is 1.09 bits per heavy atom. The van der Waals surface area contributed by atoms with Gasteiger partial charge in [0, 0.05) is 37.3 Å². The number of hydrogen-bond donors (Lipinski definition) is 7. The van der Waals surface area contributed by atoms with Crippen molar-refractivity contribution in [2.75, 3.05) is 45.0 Å². The smallest absolute Gasteiger partial charge is 0.255 e. The summed E-state index contributed by atoms with van der Waals surface area (Å²) >= 11 is 0. The van der Waals surface area contributed by atoms with Crippen LogP contribution in [0.25, 0.3) is 5.76 Å². The molecular weight excluding hydrogens is 558 g/mol. The molecule has 0 aliphatic heterocycles. The summed E-state index contributed by atoms with van der Waals surface area (Å²) in [5.41, 5.74) is 2.58. The highest BCUT2D eigenvalue weighted by Gasteiger charge is 2.64. The Hall–Kier alpha value is -3.94. The number of nitrogens with one attached hydrogen (secondary N) is 2. The number of aromatic hydroxyl groups is 1. The van der Waals surface area contributed by atoms with Gasteiger partial charge in [0.05, 0.1) is 23.8 Å². The molecule has 0 aromatic heterocycles. The lowest BCUT2D eigenvalue weighted by atomic mass is 9.57. The molecule has 13 nitrogen and oxygen atoms in total. The first-order chi connectivity index (χ1) is 20.2. The highest BCUT2D eigenvalue weighted by atomic mass is 16.3. The molecule has 0 unspecified atom stereocenters. The number of amides is 2. The Kier molecular flexibility index (Phi) is 7.78. The molecule has 0 heterocycles. The number of aliphatic hydroxyl groups is 3. The van der Waals surface area contributed by atoms with Crippen LogP contribution < -0.4 is 21.3 Å². The second kappa shape index (κ2) is 11.0. The molecule has 0 radical (unpaired) electrons. The molecule has 8 N–H and O–H groups in total. The first-order valence-corrected chi connectivity index (χ1v) is 14.4. The molecule has 43 heavy (non-hydrogen) atoms. The molecule has 2 saturated carbocycles. The van der Waals surface area contributed by atoms with Crippen LogP contribution in [0.2, 0.25) is 0 Å². The van der Waals surface area contributed by atoms with Gasteiger partial charge in [-0.3, -0.25) is 24.1 Å². The number of ketones is 2. The minimum atomic E-state index is -2.72. The third kappa shape index (κ3) is 4.75. The van der Waals surface area contributed by atoms with E-state index in [9.17, 15) is 39.6 Å². The van der Waals surface area contributed by atoms with Crippen LogP contribution >= 0.6 is 0 Å². The van der Waals surface area contributed by atoms with E-state index in [4.69, 9.17) is 5.73 Å². The lowest BCUT2D eigenvalue weighted by Gasteiger charge is -2.50. The second-order valence-electron chi connectivity index (χ2n) is 12.4. The molecule has 5 rings (SSSR count). The Morgan fingerprint density at radius 2 is 1.74 bits per heavy atom. The number of primary amides is 1. The third-order valence-corrected chi connectivity index (χ3v) is 9.36. The number of phenolic OH excluding ortho intramolecular Hbond substituents is 1. The van der Waals surface area contributed by atoms with E-state index >= 15 is 0 Å². The molecule has 4 aliphatic rings. The van der Waals surface area contributed by atoms with Crippen LogP contribution in [-0.4, -0.2) is 101 Å². The number of phenols is 1. The lowest BCUT2D eigenvalue weighted by molar-refractivity contribution is -0.153. The van der Waals surface area contributed by atoms with Crippen LogP contribution in [0.15, 0.2) is 23.0 Å². The summed E-state index contributed by atoms with van der Waals surface area (Å²) in [7, 11) is 6.62. The topological polar surface area (TPSA) is 206 Å². The largest absolute Gasteiger partial charge is 0.508 e. The van der Waals surface area contributed by atoms with Gasteiger partial charge >= 0.3 is 0 Å². The van der Waals surface area contributed by atoms with Gasteiger partial charge in [0.15, 0.2) is 11.4 Å². The number of fused-ring (bicyclic) bond motifs is 3. The number of benzene rings is 1. The maximum absolute atomic E-state index is 14.1. The number of carbonyl (C=O) groups is 4. The maximum atomic E-state index is 14.1. The summed E-state index contributed by atoms with van der Waals surface area (Å²) in [6.45, 7) is 0.0279. The van der Waals surface area contributed by atoms with E-state index in [0.717, 1.165) is 25.7 Å². The number of carbonyl (C=O) groups excluding carboxylic acids is 4. The SMILES string of the molecule is CN(C)c1cc(NC(=O)CNC2CCCC2)c(O)c2c1C[C@H]1C[C@H]3[C@H](N(C)C)C(=O)C(C(N)=O)=C(O)[C@@]3(O)C(=O)C1=C2O. The summed E-state index contributed by atoms with van der Waals surface area (Å²) < 4.78 is 0. The monoisotopic (exact) mass is 597 g/mol. The Morgan fingerprint density at radius 3 is 2.33 bits per heavy atom. The Bertz CT molecular complexity index is 1470. The highest BCUT2D eigenvalue weighted by molar-refractivity contribution is 6.24. The number of nitrogens with two attached hydrogens (primary N) is 1. The number of hydrogen-bond acceptors (Lipinski definition) is 11. The number of anilines is 2. The first-order valence-electron chi connectivity index (χ1n) is 14.4. The molecular formula is C30H39N5O8. The van der Waals surface area contributed by atoms with Gasteiger partial charge in [-0.2, -0.15) is 0 Å². The maximum Gasteiger partial charge on any atom is 0.255 e. The van der Waals surface area contributed by atoms with Crippen molar-refractivity contribution >= 4 is 40.5 Å². The van der Waals surface area contributed by atoms with E-state index in [0.29, 0.717) is 11.3 Å². The molecule has 2 amide bonds. The molecule has 13 heteroatoms. The average molecular weight is 598 g/mol. The average Bonchev–Trinajstić information content (AvgIpc) is 3.44. The second-order valence-corrected chi connectivity index (χ2v) is 12.4. The van der Waals surface area contributed by atoms with Gasteiger partial charge in [0.2, 0.25) is 11.7 Å². The van der Waals surface area contributed by atoms with Crippen molar-refractivity contribution in [2.24, 2.45) is 17.6 Å². The molecule has 4 atom stereocenters. The first kappa shape index (κ1) is 30.5. The number of rotatable bonds is 7. The van der Waals surface area contributed by atoms with Crippen LogP contribution in [0.3, 0.4) is 0 Å². The fourth-order valence-electron chi connectivity index (χ4n) is 7.35. The standard InChI is InChI=1S/C30H39N5O8/c1-34(2)18-11-17(33-19(36)12-32-14-7-5-6-8-14)24(37)21-15(18)9-13-10-16-23(35(3)4)26(39)22(29(31)42)28(41)30(16,43)27(40)20(13)25(21)38/h11,13-14,16,23,32,37-38,41,43H,5-10,12H2,1-4H3,(H2,31,42)(H,33,36)/t13-,16-,23-,30-/m0/s1. The normalized spacial score (nSPS) is 27.3. The van der Waals surface area contributed by atoms with E-state index in [1.54, 1.807) is 39.2 Å². The molecule has 0 spiro atoms. The van der Waals surface area contributed by atoms with Gasteiger partial charge in [-0.05, 0) is 57.3 Å². The van der Waals surface area contributed by atoms with Gasteiger partial charge in [-0.1, -0.05) is 12.8 Å². The zero-order chi connectivity index (χ0) is 31.5. The van der Waals surface area contributed by atoms with Gasteiger partial charge in [0.25, 0.3) is 5.91 Å². The molecule has 0 bridgehead atoms. The molecule has 2 fully saturated rings. The lowest BCUT2D eigenvalue weighted by Crippen LogP contribution is -2.65. The molecule has 4 aliphatic carbocycles. The summed E-state index contributed by atoms with van der Waals surface area (Å²) in [6, 6.07) is 0.691. The van der Waals surface area contributed by atoms with E-state index in [2.05, 4.69) is 10.6 Å². The number of Topliss-reactive ketones (excluding diaryl/α,β-unsaturated/α-hetero) is 2. The summed E-state index contributed by atoms with van der Waals surface area (Å²) in [4.78, 5) is 55.5. The van der Waals surface area contributed by atoms with Crippen molar-refractivity contribution in [3.8, 4) is 5.75 Å². The van der Waals surface area contributed by atoms with Crippen LogP contribution in [0, 0.1) is 11.8 Å². The quantitative estimate of drug-likeness (QED) is 0.170. The van der Waals surface area contributed by atoms with Crippen molar-refractivity contribution in [1.82, 2.24) is 10.2 Å². The summed E-state index contributed by atoms with van der Waals surface area (Å²) in [6.07, 6.45) is 4.31. The minimum absolute atomic E-state index is 0.00921. The summed E-state index contributed by atoms with van der Waals surface area (Å²) in [5, 5.41) is 51.6.